The molecule has 1 aromatic carbocycles. The number of nitrogens with zero attached hydrogens (tertiary/aromatic N) is 4. The van der Waals surface area contributed by atoms with E-state index in [0.29, 0.717) is 19.6 Å². The molecule has 0 aromatic heterocycles. The van der Waals surface area contributed by atoms with Crippen molar-refractivity contribution in [3.8, 4) is 5.75 Å². The van der Waals surface area contributed by atoms with E-state index in [0.717, 1.165) is 82.6 Å². The number of anilines is 1. The number of carbonyl (C=O) groups is 2. The molecule has 1 saturated carbocycles. The Hall–Kier alpha value is -2.48. The number of rotatable bonds is 3. The molecule has 3 amide bonds. The standard InChI is InChI=1S/C26H38N4O4/c1-34-23-9-5-20(6-10-23)27-15-17-28(18-16-27)25(33)29-13-2-11-26(19-29)12-14-30(24(26)32)21-3-7-22(31)8-4-21/h5-6,9-10,21-22,31H,2-4,7-8,11-19H2,1H3/t21-,22-,26-/m1/s1. The van der Waals surface area contributed by atoms with Crippen LogP contribution >= 0.6 is 0 Å². The lowest BCUT2D eigenvalue weighted by atomic mass is 9.78. The Labute approximate surface area is 202 Å². The summed E-state index contributed by atoms with van der Waals surface area (Å²) >= 11 is 0. The molecule has 5 rings (SSSR count). The van der Waals surface area contributed by atoms with Crippen LogP contribution in [0.1, 0.15) is 44.9 Å². The number of urea groups is 1. The molecule has 34 heavy (non-hydrogen) atoms. The van der Waals surface area contributed by atoms with Crippen LogP contribution in [0.2, 0.25) is 0 Å². The molecule has 4 fully saturated rings. The molecule has 3 saturated heterocycles. The minimum absolute atomic E-state index is 0.0838. The van der Waals surface area contributed by atoms with Gasteiger partial charge in [-0.1, -0.05) is 0 Å². The summed E-state index contributed by atoms with van der Waals surface area (Å²) in [4.78, 5) is 35.2. The summed E-state index contributed by atoms with van der Waals surface area (Å²) in [6, 6.07) is 8.41. The Morgan fingerprint density at radius 3 is 2.32 bits per heavy atom. The van der Waals surface area contributed by atoms with Crippen molar-refractivity contribution < 1.29 is 19.4 Å². The first kappa shape index (κ1) is 23.3. The molecule has 8 heteroatoms. The van der Waals surface area contributed by atoms with Gasteiger partial charge in [-0.15, -0.1) is 0 Å². The molecule has 0 radical (unpaired) electrons. The number of likely N-dealkylation sites (tertiary alicyclic amines) is 2. The topological polar surface area (TPSA) is 76.6 Å². The molecular formula is C26H38N4O4. The van der Waals surface area contributed by atoms with Gasteiger partial charge in [-0.05, 0) is 69.2 Å². The van der Waals surface area contributed by atoms with Crippen LogP contribution in [0.4, 0.5) is 10.5 Å². The third kappa shape index (κ3) is 4.44. The Balaban J connectivity index is 1.17. The second kappa shape index (κ2) is 9.64. The van der Waals surface area contributed by atoms with Crippen LogP contribution in [-0.4, -0.2) is 96.8 Å². The average Bonchev–Trinajstić information content (AvgIpc) is 3.19. The summed E-state index contributed by atoms with van der Waals surface area (Å²) in [6.45, 7) is 5.08. The highest BCUT2D eigenvalue weighted by Gasteiger charge is 2.51. The lowest BCUT2D eigenvalue weighted by Crippen LogP contribution is -2.57. The zero-order valence-corrected chi connectivity index (χ0v) is 20.3. The average molecular weight is 471 g/mol. The number of piperidine rings is 1. The summed E-state index contributed by atoms with van der Waals surface area (Å²) in [7, 11) is 1.67. The van der Waals surface area contributed by atoms with Crippen molar-refractivity contribution in [2.75, 3.05) is 57.8 Å². The molecular weight excluding hydrogens is 432 g/mol. The Morgan fingerprint density at radius 2 is 1.65 bits per heavy atom. The highest BCUT2D eigenvalue weighted by molar-refractivity contribution is 5.86. The number of ether oxygens (including phenoxy) is 1. The van der Waals surface area contributed by atoms with Crippen molar-refractivity contribution in [3.05, 3.63) is 24.3 Å². The van der Waals surface area contributed by atoms with E-state index in [9.17, 15) is 14.7 Å². The largest absolute Gasteiger partial charge is 0.497 e. The number of piperazine rings is 1. The Morgan fingerprint density at radius 1 is 0.941 bits per heavy atom. The highest BCUT2D eigenvalue weighted by Crippen LogP contribution is 2.42. The molecule has 3 aliphatic heterocycles. The third-order valence-electron chi connectivity index (χ3n) is 8.49. The minimum Gasteiger partial charge on any atom is -0.497 e. The van der Waals surface area contributed by atoms with Crippen LogP contribution in [0.25, 0.3) is 0 Å². The summed E-state index contributed by atoms with van der Waals surface area (Å²) in [6.07, 6.45) is 5.76. The van der Waals surface area contributed by atoms with Crippen molar-refractivity contribution >= 4 is 17.6 Å². The second-order valence-corrected chi connectivity index (χ2v) is 10.5. The molecule has 1 aliphatic carbocycles. The van der Waals surface area contributed by atoms with Gasteiger partial charge in [0.1, 0.15) is 5.75 Å². The van der Waals surface area contributed by atoms with Gasteiger partial charge in [0.25, 0.3) is 0 Å². The summed E-state index contributed by atoms with van der Waals surface area (Å²) in [5, 5.41) is 9.84. The van der Waals surface area contributed by atoms with E-state index >= 15 is 0 Å². The maximum absolute atomic E-state index is 13.5. The number of aliphatic hydroxyl groups is 1. The molecule has 3 heterocycles. The fraction of sp³-hybridized carbons (Fsp3) is 0.692. The number of amides is 3. The minimum atomic E-state index is -0.408. The van der Waals surface area contributed by atoms with Gasteiger partial charge in [0.15, 0.2) is 0 Å². The lowest BCUT2D eigenvalue weighted by molar-refractivity contribution is -0.141. The van der Waals surface area contributed by atoms with Crippen molar-refractivity contribution in [2.45, 2.75) is 57.1 Å². The maximum atomic E-state index is 13.5. The van der Waals surface area contributed by atoms with Crippen LogP contribution in [-0.2, 0) is 4.79 Å². The van der Waals surface area contributed by atoms with E-state index in [1.165, 1.54) is 0 Å². The first-order valence-corrected chi connectivity index (χ1v) is 12.9. The van der Waals surface area contributed by atoms with Gasteiger partial charge in [0, 0.05) is 57.5 Å². The number of hydrogen-bond acceptors (Lipinski definition) is 5. The van der Waals surface area contributed by atoms with Gasteiger partial charge in [0.05, 0.1) is 18.6 Å². The zero-order chi connectivity index (χ0) is 23.7. The second-order valence-electron chi connectivity index (χ2n) is 10.5. The van der Waals surface area contributed by atoms with E-state index in [1.54, 1.807) is 7.11 Å². The Bertz CT molecular complexity index is 877. The van der Waals surface area contributed by atoms with Gasteiger partial charge >= 0.3 is 6.03 Å². The first-order valence-electron chi connectivity index (χ1n) is 12.9. The van der Waals surface area contributed by atoms with Gasteiger partial charge in [-0.25, -0.2) is 4.79 Å². The van der Waals surface area contributed by atoms with E-state index < -0.39 is 5.41 Å². The zero-order valence-electron chi connectivity index (χ0n) is 20.3. The first-order chi connectivity index (χ1) is 16.5. The summed E-state index contributed by atoms with van der Waals surface area (Å²) in [5.74, 6) is 1.09. The molecule has 1 spiro atoms. The van der Waals surface area contributed by atoms with Crippen LogP contribution in [0, 0.1) is 5.41 Å². The molecule has 186 valence electrons. The van der Waals surface area contributed by atoms with Gasteiger partial charge in [-0.2, -0.15) is 0 Å². The molecule has 0 bridgehead atoms. The summed E-state index contributed by atoms with van der Waals surface area (Å²) in [5.41, 5.74) is 0.742. The molecule has 1 aromatic rings. The van der Waals surface area contributed by atoms with Crippen LogP contribution in [0.15, 0.2) is 24.3 Å². The number of aliphatic hydroxyl groups excluding tert-OH is 1. The smallest absolute Gasteiger partial charge is 0.320 e. The fourth-order valence-electron chi connectivity index (χ4n) is 6.39. The predicted molar refractivity (Wildman–Crippen MR) is 130 cm³/mol. The van der Waals surface area contributed by atoms with Gasteiger partial charge < -0.3 is 29.4 Å². The van der Waals surface area contributed by atoms with E-state index in [2.05, 4.69) is 21.9 Å². The molecule has 8 nitrogen and oxygen atoms in total. The molecule has 0 unspecified atom stereocenters. The maximum Gasteiger partial charge on any atom is 0.320 e. The number of benzene rings is 1. The number of hydrogen-bond donors (Lipinski definition) is 1. The lowest BCUT2D eigenvalue weighted by Gasteiger charge is -2.43. The van der Waals surface area contributed by atoms with Crippen LogP contribution in [0.3, 0.4) is 0 Å². The monoisotopic (exact) mass is 470 g/mol. The SMILES string of the molecule is COc1ccc(N2CCN(C(=O)N3CCC[C@@]4(CCN([C@H]5CC[C@H](O)CC5)C4=O)C3)CC2)cc1. The molecule has 4 aliphatic rings. The van der Waals surface area contributed by atoms with E-state index in [4.69, 9.17) is 4.74 Å². The number of carbonyl (C=O) groups excluding carboxylic acids is 2. The Kier molecular flexibility index (Phi) is 6.60. The molecule has 1 atom stereocenters. The molecule has 1 N–H and O–H groups in total. The normalized spacial score (nSPS) is 30.2. The predicted octanol–water partition coefficient (Wildman–Crippen LogP) is 2.56. The van der Waals surface area contributed by atoms with Gasteiger partial charge in [-0.3, -0.25) is 4.79 Å². The summed E-state index contributed by atoms with van der Waals surface area (Å²) < 4.78 is 5.25. The van der Waals surface area contributed by atoms with E-state index in [1.807, 2.05) is 21.9 Å². The van der Waals surface area contributed by atoms with Gasteiger partial charge in [0.2, 0.25) is 5.91 Å². The highest BCUT2D eigenvalue weighted by atomic mass is 16.5. The number of methoxy groups -OCH3 is 1. The fourth-order valence-corrected chi connectivity index (χ4v) is 6.39. The van der Waals surface area contributed by atoms with Crippen LogP contribution in [0.5, 0.6) is 5.75 Å². The van der Waals surface area contributed by atoms with Crippen molar-refractivity contribution in [2.24, 2.45) is 5.41 Å². The van der Waals surface area contributed by atoms with Crippen molar-refractivity contribution in [1.29, 1.82) is 0 Å². The third-order valence-corrected chi connectivity index (χ3v) is 8.49. The quantitative estimate of drug-likeness (QED) is 0.735. The van der Waals surface area contributed by atoms with E-state index in [-0.39, 0.29) is 24.1 Å². The van der Waals surface area contributed by atoms with Crippen molar-refractivity contribution in [1.82, 2.24) is 14.7 Å². The van der Waals surface area contributed by atoms with Crippen molar-refractivity contribution in [3.63, 3.8) is 0 Å². The van der Waals surface area contributed by atoms with Crippen LogP contribution < -0.4 is 9.64 Å².